The molecule has 1 atom stereocenters. The summed E-state index contributed by atoms with van der Waals surface area (Å²) in [5.41, 5.74) is 1.84. The molecule has 0 bridgehead atoms. The van der Waals surface area contributed by atoms with Crippen LogP contribution in [-0.2, 0) is 10.2 Å². The van der Waals surface area contributed by atoms with E-state index in [0.717, 1.165) is 11.8 Å². The molecule has 1 aromatic carbocycles. The van der Waals surface area contributed by atoms with E-state index in [4.69, 9.17) is 0 Å². The summed E-state index contributed by atoms with van der Waals surface area (Å²) in [7, 11) is 0. The Morgan fingerprint density at radius 3 is 2.27 bits per heavy atom. The molecule has 0 aliphatic heterocycles. The summed E-state index contributed by atoms with van der Waals surface area (Å²) in [6.45, 7) is 7.65. The van der Waals surface area contributed by atoms with Crippen LogP contribution >= 0.6 is 0 Å². The van der Waals surface area contributed by atoms with Crippen molar-refractivity contribution in [3.63, 3.8) is 0 Å². The van der Waals surface area contributed by atoms with Gasteiger partial charge in [0.1, 0.15) is 6.29 Å². The molecule has 0 saturated carbocycles. The molecule has 15 heavy (non-hydrogen) atoms. The summed E-state index contributed by atoms with van der Waals surface area (Å²) >= 11 is 0. The minimum absolute atomic E-state index is 0. The van der Waals surface area contributed by atoms with E-state index in [-0.39, 0.29) is 17.6 Å². The summed E-state index contributed by atoms with van der Waals surface area (Å²) in [6.07, 6.45) is 3.47. The average molecular weight is 265 g/mol. The van der Waals surface area contributed by atoms with Crippen LogP contribution in [0.1, 0.15) is 24.5 Å². The van der Waals surface area contributed by atoms with E-state index >= 15 is 0 Å². The van der Waals surface area contributed by atoms with E-state index in [1.807, 2.05) is 38.1 Å². The molecular formula is C13H20GeO. The van der Waals surface area contributed by atoms with Gasteiger partial charge in [-0.1, -0.05) is 35.9 Å². The van der Waals surface area contributed by atoms with Crippen molar-refractivity contribution in [2.75, 3.05) is 0 Å². The van der Waals surface area contributed by atoms with Gasteiger partial charge < -0.3 is 4.79 Å². The Morgan fingerprint density at radius 1 is 1.33 bits per heavy atom. The monoisotopic (exact) mass is 266 g/mol. The molecule has 82 valence electrons. The van der Waals surface area contributed by atoms with Gasteiger partial charge in [0.05, 0.1) is 5.41 Å². The van der Waals surface area contributed by atoms with E-state index in [2.05, 4.69) is 6.58 Å². The summed E-state index contributed by atoms with van der Waals surface area (Å²) in [6, 6.07) is 8.07. The molecule has 0 amide bonds. The zero-order valence-electron chi connectivity index (χ0n) is 8.79. The number of allylic oxidation sites excluding steroid dienone is 1. The van der Waals surface area contributed by atoms with Crippen LogP contribution in [0.25, 0.3) is 0 Å². The fourth-order valence-corrected chi connectivity index (χ4v) is 1.47. The third-order valence-corrected chi connectivity index (χ3v) is 2.54. The van der Waals surface area contributed by atoms with Gasteiger partial charge in [-0.25, -0.2) is 0 Å². The summed E-state index contributed by atoms with van der Waals surface area (Å²) in [5.74, 6) is 0. The summed E-state index contributed by atoms with van der Waals surface area (Å²) in [5, 5.41) is 0. The molecule has 0 spiro atoms. The van der Waals surface area contributed by atoms with Crippen LogP contribution in [0.15, 0.2) is 36.9 Å². The molecule has 1 rings (SSSR count). The van der Waals surface area contributed by atoms with Crippen LogP contribution in [0, 0.1) is 6.92 Å². The van der Waals surface area contributed by atoms with Crippen molar-refractivity contribution in [2.24, 2.45) is 0 Å². The number of rotatable bonds is 4. The Labute approximate surface area is 103 Å². The van der Waals surface area contributed by atoms with Gasteiger partial charge in [-0.15, -0.1) is 6.58 Å². The van der Waals surface area contributed by atoms with Crippen molar-refractivity contribution in [2.45, 2.75) is 25.7 Å². The van der Waals surface area contributed by atoms with E-state index < -0.39 is 5.41 Å². The molecule has 0 radical (unpaired) electrons. The maximum atomic E-state index is 11.1. The van der Waals surface area contributed by atoms with E-state index in [9.17, 15) is 4.79 Å². The van der Waals surface area contributed by atoms with Gasteiger partial charge in [-0.2, -0.15) is 0 Å². The van der Waals surface area contributed by atoms with E-state index in [0.29, 0.717) is 6.42 Å². The number of hydrogen-bond donors (Lipinski definition) is 0. The third-order valence-electron chi connectivity index (χ3n) is 2.54. The SMILES string of the molecule is C=CCC(C)(C=O)c1ccc(C)cc1.[GeH4]. The van der Waals surface area contributed by atoms with Crippen molar-refractivity contribution >= 4 is 23.9 Å². The third kappa shape index (κ3) is 3.34. The Bertz CT molecular complexity index is 329. The van der Waals surface area contributed by atoms with Gasteiger partial charge >= 0.3 is 17.6 Å². The van der Waals surface area contributed by atoms with Crippen molar-refractivity contribution in [1.29, 1.82) is 0 Å². The zero-order chi connectivity index (χ0) is 10.6. The zero-order valence-corrected chi connectivity index (χ0v) is 8.79. The first kappa shape index (κ1) is 14.2. The molecular weight excluding hydrogens is 245 g/mol. The molecule has 0 aliphatic rings. The first-order valence-corrected chi connectivity index (χ1v) is 4.77. The van der Waals surface area contributed by atoms with Gasteiger partial charge in [0.15, 0.2) is 0 Å². The number of benzene rings is 1. The number of hydrogen-bond acceptors (Lipinski definition) is 1. The first-order valence-electron chi connectivity index (χ1n) is 4.77. The molecule has 0 aromatic heterocycles. The Balaban J connectivity index is 0.00000196. The molecule has 0 heterocycles. The predicted molar refractivity (Wildman–Crippen MR) is 70.7 cm³/mol. The normalized spacial score (nSPS) is 13.5. The molecule has 1 unspecified atom stereocenters. The van der Waals surface area contributed by atoms with Crippen LogP contribution in [0.5, 0.6) is 0 Å². The standard InChI is InChI=1S/C13H16O.GeH4/c1-4-9-13(3,10-14)12-7-5-11(2)6-8-12;/h4-8,10H,1,9H2,2-3H3;1H4. The topological polar surface area (TPSA) is 17.1 Å². The van der Waals surface area contributed by atoms with Gasteiger partial charge in [0.2, 0.25) is 0 Å². The molecule has 0 fully saturated rings. The van der Waals surface area contributed by atoms with Gasteiger partial charge in [0, 0.05) is 0 Å². The van der Waals surface area contributed by atoms with Gasteiger partial charge in [-0.3, -0.25) is 0 Å². The number of aldehydes is 1. The van der Waals surface area contributed by atoms with Crippen molar-refractivity contribution < 1.29 is 4.79 Å². The molecule has 2 heteroatoms. The Morgan fingerprint density at radius 2 is 1.87 bits per heavy atom. The fraction of sp³-hybridized carbons (Fsp3) is 0.308. The Hall–Kier alpha value is -0.827. The second kappa shape index (κ2) is 5.91. The molecule has 0 saturated heterocycles. The molecule has 0 aliphatic carbocycles. The summed E-state index contributed by atoms with van der Waals surface area (Å²) < 4.78 is 0. The van der Waals surface area contributed by atoms with E-state index in [1.165, 1.54) is 5.56 Å². The summed E-state index contributed by atoms with van der Waals surface area (Å²) in [4.78, 5) is 11.1. The maximum absolute atomic E-state index is 11.1. The molecule has 0 N–H and O–H groups in total. The van der Waals surface area contributed by atoms with Crippen LogP contribution in [0.4, 0.5) is 0 Å². The number of aryl methyl sites for hydroxylation is 1. The van der Waals surface area contributed by atoms with Crippen molar-refractivity contribution in [3.05, 3.63) is 48.0 Å². The van der Waals surface area contributed by atoms with Crippen LogP contribution in [0.2, 0.25) is 0 Å². The number of carbonyl (C=O) groups is 1. The van der Waals surface area contributed by atoms with Crippen LogP contribution in [-0.4, -0.2) is 23.9 Å². The second-order valence-corrected chi connectivity index (χ2v) is 3.89. The minimum atomic E-state index is -0.421. The Kier molecular flexibility index (Phi) is 5.58. The second-order valence-electron chi connectivity index (χ2n) is 3.89. The molecule has 1 aromatic rings. The fourth-order valence-electron chi connectivity index (χ4n) is 1.47. The van der Waals surface area contributed by atoms with Gasteiger partial charge in [0.25, 0.3) is 0 Å². The van der Waals surface area contributed by atoms with E-state index in [1.54, 1.807) is 6.08 Å². The van der Waals surface area contributed by atoms with Crippen LogP contribution in [0.3, 0.4) is 0 Å². The van der Waals surface area contributed by atoms with Crippen LogP contribution < -0.4 is 0 Å². The average Bonchev–Trinajstić information content (AvgIpc) is 2.19. The molecule has 1 nitrogen and oxygen atoms in total. The quantitative estimate of drug-likeness (QED) is 0.459. The number of carbonyl (C=O) groups excluding carboxylic acids is 1. The predicted octanol–water partition coefficient (Wildman–Crippen LogP) is 1.58. The first-order chi connectivity index (χ1) is 6.62. The van der Waals surface area contributed by atoms with Crippen molar-refractivity contribution in [3.8, 4) is 0 Å². The van der Waals surface area contributed by atoms with Crippen molar-refractivity contribution in [1.82, 2.24) is 0 Å². The van der Waals surface area contributed by atoms with Gasteiger partial charge in [-0.05, 0) is 25.8 Å².